The minimum absolute atomic E-state index is 0.0222. The van der Waals surface area contributed by atoms with Gasteiger partial charge in [0.15, 0.2) is 5.78 Å². The monoisotopic (exact) mass is 460 g/mol. The average Bonchev–Trinajstić information content (AvgIpc) is 3.24. The van der Waals surface area contributed by atoms with E-state index in [0.717, 1.165) is 21.1 Å². The third-order valence-corrected chi connectivity index (χ3v) is 9.20. The molecule has 2 aromatic heterocycles. The van der Waals surface area contributed by atoms with Gasteiger partial charge in [0, 0.05) is 54.3 Å². The molecule has 0 aliphatic carbocycles. The molecule has 0 radical (unpaired) electrons. The summed E-state index contributed by atoms with van der Waals surface area (Å²) in [4.78, 5) is 28.5. The summed E-state index contributed by atoms with van der Waals surface area (Å²) in [5, 5.41) is 0. The van der Waals surface area contributed by atoms with Crippen molar-refractivity contribution in [1.29, 1.82) is 0 Å². The maximum Gasteiger partial charge on any atom is 0.252 e. The number of hydrogen-bond acceptors (Lipinski definition) is 6. The van der Waals surface area contributed by atoms with E-state index in [0.29, 0.717) is 23.0 Å². The van der Waals surface area contributed by atoms with Crippen molar-refractivity contribution in [2.75, 3.05) is 26.2 Å². The Labute approximate surface area is 177 Å². The number of Topliss-reactive ketones (excluding diaryl/α,β-unsaturated/α-hetero) is 1. The largest absolute Gasteiger partial charge is 0.340 e. The van der Waals surface area contributed by atoms with Crippen molar-refractivity contribution in [2.45, 2.75) is 30.9 Å². The van der Waals surface area contributed by atoms with E-state index in [1.54, 1.807) is 22.3 Å². The molecule has 10 heteroatoms. The molecule has 0 atom stereocenters. The summed E-state index contributed by atoms with van der Waals surface area (Å²) in [6.07, 6.45) is 0.308. The van der Waals surface area contributed by atoms with Crippen molar-refractivity contribution in [3.05, 3.63) is 37.9 Å². The van der Waals surface area contributed by atoms with Crippen LogP contribution in [0.15, 0.2) is 22.4 Å². The highest BCUT2D eigenvalue weighted by Crippen LogP contribution is 2.28. The van der Waals surface area contributed by atoms with Crippen LogP contribution in [-0.2, 0) is 14.8 Å². The maximum absolute atomic E-state index is 12.6. The van der Waals surface area contributed by atoms with Crippen molar-refractivity contribution in [1.82, 2.24) is 9.21 Å². The van der Waals surface area contributed by atoms with E-state index >= 15 is 0 Å². The number of thiophene rings is 2. The van der Waals surface area contributed by atoms with E-state index in [1.807, 2.05) is 19.9 Å². The molecule has 0 aromatic carbocycles. The highest BCUT2D eigenvalue weighted by molar-refractivity contribution is 7.91. The Morgan fingerprint density at radius 3 is 2.29 bits per heavy atom. The average molecular weight is 461 g/mol. The Balaban J connectivity index is 1.52. The zero-order valence-corrected chi connectivity index (χ0v) is 18.8. The number of amides is 1. The number of carbonyl (C=O) groups excluding carboxylic acids is 2. The first-order valence-electron chi connectivity index (χ1n) is 8.82. The van der Waals surface area contributed by atoms with E-state index in [9.17, 15) is 18.0 Å². The molecule has 3 rings (SSSR count). The van der Waals surface area contributed by atoms with Crippen LogP contribution < -0.4 is 0 Å². The van der Waals surface area contributed by atoms with Crippen LogP contribution in [0.4, 0.5) is 0 Å². The second-order valence-corrected chi connectivity index (χ2v) is 11.9. The molecule has 2 aromatic rings. The number of ketones is 1. The second-order valence-electron chi connectivity index (χ2n) is 6.59. The van der Waals surface area contributed by atoms with Crippen LogP contribution in [0.5, 0.6) is 0 Å². The molecular weight excluding hydrogens is 440 g/mol. The first-order valence-corrected chi connectivity index (χ1v) is 12.3. The molecular formula is C18H21ClN2O4S3. The van der Waals surface area contributed by atoms with Crippen LogP contribution in [0.1, 0.15) is 33.0 Å². The zero-order chi connectivity index (χ0) is 20.5. The molecule has 1 amide bonds. The molecule has 0 N–H and O–H groups in total. The quantitative estimate of drug-likeness (QED) is 0.617. The molecule has 0 spiro atoms. The topological polar surface area (TPSA) is 74.8 Å². The number of aryl methyl sites for hydroxylation is 2. The van der Waals surface area contributed by atoms with Gasteiger partial charge in [0.1, 0.15) is 4.21 Å². The van der Waals surface area contributed by atoms with E-state index in [2.05, 4.69) is 0 Å². The van der Waals surface area contributed by atoms with Gasteiger partial charge in [-0.2, -0.15) is 4.31 Å². The first-order chi connectivity index (χ1) is 13.2. The van der Waals surface area contributed by atoms with Crippen molar-refractivity contribution in [3.63, 3.8) is 0 Å². The van der Waals surface area contributed by atoms with Crippen LogP contribution in [0.3, 0.4) is 0 Å². The molecule has 0 saturated carbocycles. The van der Waals surface area contributed by atoms with Gasteiger partial charge in [0.2, 0.25) is 5.91 Å². The predicted octanol–water partition coefficient (Wildman–Crippen LogP) is 3.58. The summed E-state index contributed by atoms with van der Waals surface area (Å²) in [5.74, 6) is -0.139. The number of nitrogens with zero attached hydrogens (tertiary/aromatic N) is 2. The Morgan fingerprint density at radius 2 is 1.75 bits per heavy atom. The van der Waals surface area contributed by atoms with Gasteiger partial charge in [0.05, 0.1) is 4.34 Å². The Hall–Kier alpha value is -1.26. The minimum atomic E-state index is -3.58. The van der Waals surface area contributed by atoms with E-state index < -0.39 is 10.0 Å². The number of piperazine rings is 1. The van der Waals surface area contributed by atoms with E-state index in [1.165, 1.54) is 10.4 Å². The van der Waals surface area contributed by atoms with Crippen LogP contribution in [0.2, 0.25) is 4.34 Å². The lowest BCUT2D eigenvalue weighted by Crippen LogP contribution is -2.50. The Morgan fingerprint density at radius 1 is 1.07 bits per heavy atom. The number of carbonyl (C=O) groups is 2. The summed E-state index contributed by atoms with van der Waals surface area (Å²) >= 11 is 8.44. The zero-order valence-electron chi connectivity index (χ0n) is 15.6. The van der Waals surface area contributed by atoms with Gasteiger partial charge in [-0.3, -0.25) is 9.59 Å². The molecule has 1 fully saturated rings. The molecule has 0 unspecified atom stereocenters. The van der Waals surface area contributed by atoms with Crippen molar-refractivity contribution in [3.8, 4) is 0 Å². The van der Waals surface area contributed by atoms with Gasteiger partial charge < -0.3 is 4.90 Å². The normalized spacial score (nSPS) is 15.8. The SMILES string of the molecule is Cc1cc(C(=O)CCC(=O)N2CCN(S(=O)(=O)c3ccc(Cl)s3)CC2)c(C)s1. The van der Waals surface area contributed by atoms with Gasteiger partial charge in [-0.15, -0.1) is 22.7 Å². The first kappa shape index (κ1) is 21.4. The fourth-order valence-corrected chi connectivity index (χ4v) is 7.16. The van der Waals surface area contributed by atoms with Crippen LogP contribution >= 0.6 is 34.3 Å². The molecule has 1 aliphatic rings. The minimum Gasteiger partial charge on any atom is -0.340 e. The van der Waals surface area contributed by atoms with Gasteiger partial charge >= 0.3 is 0 Å². The fraction of sp³-hybridized carbons (Fsp3) is 0.444. The highest BCUT2D eigenvalue weighted by atomic mass is 35.5. The smallest absolute Gasteiger partial charge is 0.252 e. The van der Waals surface area contributed by atoms with Crippen LogP contribution in [0, 0.1) is 13.8 Å². The molecule has 1 saturated heterocycles. The standard InChI is InChI=1S/C18H21ClN2O4S3/c1-12-11-14(13(2)26-12)15(22)3-5-17(23)20-7-9-21(10-8-20)28(24,25)18-6-4-16(19)27-18/h4,6,11H,3,5,7-10H2,1-2H3. The van der Waals surface area contributed by atoms with Crippen LogP contribution in [-0.4, -0.2) is 55.5 Å². The summed E-state index contributed by atoms with van der Waals surface area (Å²) in [6, 6.07) is 4.93. The number of sulfonamides is 1. The van der Waals surface area contributed by atoms with Crippen LogP contribution in [0.25, 0.3) is 0 Å². The van der Waals surface area contributed by atoms with Gasteiger partial charge in [-0.05, 0) is 32.0 Å². The van der Waals surface area contributed by atoms with Crippen molar-refractivity contribution >= 4 is 56.0 Å². The highest BCUT2D eigenvalue weighted by Gasteiger charge is 2.31. The van der Waals surface area contributed by atoms with E-state index in [4.69, 9.17) is 11.6 Å². The van der Waals surface area contributed by atoms with Gasteiger partial charge in [-0.1, -0.05) is 11.6 Å². The second kappa shape index (κ2) is 8.62. The number of hydrogen-bond donors (Lipinski definition) is 0. The number of halogens is 1. The number of rotatable bonds is 6. The lowest BCUT2D eigenvalue weighted by atomic mass is 10.1. The predicted molar refractivity (Wildman–Crippen MR) is 112 cm³/mol. The molecule has 152 valence electrons. The molecule has 28 heavy (non-hydrogen) atoms. The third kappa shape index (κ3) is 4.65. The molecule has 0 bridgehead atoms. The van der Waals surface area contributed by atoms with Gasteiger partial charge in [0.25, 0.3) is 10.0 Å². The maximum atomic E-state index is 12.6. The summed E-state index contributed by atoms with van der Waals surface area (Å²) in [5.41, 5.74) is 0.695. The lowest BCUT2D eigenvalue weighted by molar-refractivity contribution is -0.132. The third-order valence-electron chi connectivity index (χ3n) is 4.64. The summed E-state index contributed by atoms with van der Waals surface area (Å²) in [7, 11) is -3.58. The molecule has 6 nitrogen and oxygen atoms in total. The Bertz CT molecular complexity index is 988. The van der Waals surface area contributed by atoms with Crippen molar-refractivity contribution in [2.24, 2.45) is 0 Å². The lowest BCUT2D eigenvalue weighted by Gasteiger charge is -2.33. The summed E-state index contributed by atoms with van der Waals surface area (Å²) < 4.78 is 27.2. The van der Waals surface area contributed by atoms with Crippen molar-refractivity contribution < 1.29 is 18.0 Å². The Kier molecular flexibility index (Phi) is 6.61. The van der Waals surface area contributed by atoms with Gasteiger partial charge in [-0.25, -0.2) is 8.42 Å². The van der Waals surface area contributed by atoms with E-state index in [-0.39, 0.29) is 41.8 Å². The molecule has 1 aliphatic heterocycles. The summed E-state index contributed by atoms with van der Waals surface area (Å²) in [6.45, 7) is 4.98. The fourth-order valence-electron chi connectivity index (χ4n) is 3.16. The molecule has 3 heterocycles.